The van der Waals surface area contributed by atoms with E-state index in [1.54, 1.807) is 0 Å². The van der Waals surface area contributed by atoms with E-state index in [-0.39, 0.29) is 23.0 Å². The van der Waals surface area contributed by atoms with Crippen LogP contribution in [0.5, 0.6) is 0 Å². The Labute approximate surface area is 359 Å². The Balaban J connectivity index is 1.27. The molecular weight excluding hydrogens is 723 g/mol. The average Bonchev–Trinajstić information content (AvgIpc) is 3.29. The van der Waals surface area contributed by atoms with Gasteiger partial charge in [-0.25, -0.2) is 0 Å². The third-order valence-electron chi connectivity index (χ3n) is 14.6. The molecule has 0 spiro atoms. The van der Waals surface area contributed by atoms with Crippen molar-refractivity contribution in [2.45, 2.75) is 90.9 Å². The first-order valence-corrected chi connectivity index (χ1v) is 22.3. The van der Waals surface area contributed by atoms with E-state index in [0.717, 1.165) is 38.5 Å². The summed E-state index contributed by atoms with van der Waals surface area (Å²) >= 11 is 0. The van der Waals surface area contributed by atoms with Gasteiger partial charge in [0.2, 0.25) is 0 Å². The number of rotatable bonds is 8. The van der Waals surface area contributed by atoms with Crippen molar-refractivity contribution < 1.29 is 0 Å². The molecule has 0 radical (unpaired) electrons. The first-order valence-electron chi connectivity index (χ1n) is 22.3. The van der Waals surface area contributed by atoms with Gasteiger partial charge in [-0.2, -0.15) is 0 Å². The summed E-state index contributed by atoms with van der Waals surface area (Å²) in [5.41, 5.74) is 19.7. The molecule has 60 heavy (non-hydrogen) atoms. The summed E-state index contributed by atoms with van der Waals surface area (Å²) in [4.78, 5) is 5.31. The molecule has 3 aliphatic carbocycles. The molecule has 0 atom stereocenters. The van der Waals surface area contributed by atoms with Crippen molar-refractivity contribution in [3.05, 3.63) is 209 Å². The van der Waals surface area contributed by atoms with Crippen molar-refractivity contribution in [2.24, 2.45) is 5.41 Å². The summed E-state index contributed by atoms with van der Waals surface area (Å²) in [5, 5.41) is 0. The third kappa shape index (κ3) is 6.23. The zero-order valence-electron chi connectivity index (χ0n) is 36.3. The molecule has 0 unspecified atom stereocenters. The highest BCUT2D eigenvalue weighted by atomic mass is 15.2. The molecule has 5 aromatic carbocycles. The monoisotopic (exact) mass is 780 g/mol. The van der Waals surface area contributed by atoms with E-state index in [2.05, 4.69) is 215 Å². The molecule has 0 saturated heterocycles. The molecule has 0 aromatic heterocycles. The van der Waals surface area contributed by atoms with Crippen LogP contribution >= 0.6 is 0 Å². The Morgan fingerprint density at radius 1 is 0.500 bits per heavy atom. The van der Waals surface area contributed by atoms with Gasteiger partial charge in [0.15, 0.2) is 0 Å². The van der Waals surface area contributed by atoms with Gasteiger partial charge in [-0.15, -0.1) is 0 Å². The largest absolute Gasteiger partial charge is 0.315 e. The molecule has 298 valence electrons. The fourth-order valence-electron chi connectivity index (χ4n) is 10.7. The Kier molecular flexibility index (Phi) is 9.43. The number of anilines is 4. The second-order valence-electron chi connectivity index (χ2n) is 19.1. The van der Waals surface area contributed by atoms with Crippen LogP contribution < -0.4 is 26.2 Å². The minimum Gasteiger partial charge on any atom is -0.315 e. The highest BCUT2D eigenvalue weighted by Crippen LogP contribution is 2.49. The van der Waals surface area contributed by atoms with Crippen LogP contribution in [0.3, 0.4) is 0 Å². The highest BCUT2D eigenvalue weighted by molar-refractivity contribution is 7.00. The lowest BCUT2D eigenvalue weighted by Crippen LogP contribution is -2.62. The lowest BCUT2D eigenvalue weighted by molar-refractivity contribution is 0.519. The zero-order chi connectivity index (χ0) is 41.2. The second kappa shape index (κ2) is 14.7. The molecule has 10 rings (SSSR count). The Hall–Kier alpha value is -5.80. The van der Waals surface area contributed by atoms with Crippen LogP contribution in [0.15, 0.2) is 186 Å². The molecule has 2 nitrogen and oxygen atoms in total. The van der Waals surface area contributed by atoms with Crippen LogP contribution in [0, 0.1) is 5.41 Å². The van der Waals surface area contributed by atoms with E-state index in [4.69, 9.17) is 0 Å². The minimum absolute atomic E-state index is 0.0686. The molecule has 0 bridgehead atoms. The summed E-state index contributed by atoms with van der Waals surface area (Å²) in [6.07, 6.45) is 25.5. The molecule has 0 saturated carbocycles. The molecule has 0 amide bonds. The molecule has 3 heteroatoms. The van der Waals surface area contributed by atoms with Gasteiger partial charge in [0.1, 0.15) is 0 Å². The number of para-hydroxylation sites is 1. The topological polar surface area (TPSA) is 6.48 Å². The standard InChI is InChI=1S/C57H57BN2/c1-55(2,40-22-11-7-12-23-40)43-28-21-31-47(36-43)60-51-37-44(56(3,4)41-24-13-8-14-25-41)34-35-49(51)58-48-32-19-20-33-50(48)59(46-29-17-10-18-30-46)52-38-45(39-53(60)54(52)58)57(5,6)42-26-15-9-16-27-42/h7-9,11,13-17,19-20,22,24-30,32-39H,10,12,18,21,23,31H2,1-6H3. The lowest BCUT2D eigenvalue weighted by atomic mass is 9.33. The van der Waals surface area contributed by atoms with E-state index in [1.165, 1.54) is 83.9 Å². The normalized spacial score (nSPS) is 17.3. The number of allylic oxidation sites excluding steroid dienone is 11. The summed E-state index contributed by atoms with van der Waals surface area (Å²) in [5.74, 6) is 0. The van der Waals surface area contributed by atoms with Crippen molar-refractivity contribution in [3.63, 3.8) is 0 Å². The maximum absolute atomic E-state index is 2.72. The quantitative estimate of drug-likeness (QED) is 0.145. The molecule has 2 heterocycles. The predicted octanol–water partition coefficient (Wildman–Crippen LogP) is 12.9. The average molecular weight is 781 g/mol. The zero-order valence-corrected chi connectivity index (χ0v) is 36.3. The summed E-state index contributed by atoms with van der Waals surface area (Å²) in [6, 6.07) is 44.0. The molecule has 2 aliphatic heterocycles. The Morgan fingerprint density at radius 2 is 1.15 bits per heavy atom. The Morgan fingerprint density at radius 3 is 1.83 bits per heavy atom. The fourth-order valence-corrected chi connectivity index (χ4v) is 10.7. The van der Waals surface area contributed by atoms with Gasteiger partial charge >= 0.3 is 0 Å². The van der Waals surface area contributed by atoms with Crippen LogP contribution in [0.4, 0.5) is 22.7 Å². The summed E-state index contributed by atoms with van der Waals surface area (Å²) in [7, 11) is 0. The van der Waals surface area contributed by atoms with Crippen LogP contribution in [0.25, 0.3) is 0 Å². The maximum Gasteiger partial charge on any atom is 0.252 e. The van der Waals surface area contributed by atoms with E-state index in [9.17, 15) is 0 Å². The fraction of sp³-hybridized carbons (Fsp3) is 0.263. The van der Waals surface area contributed by atoms with Crippen LogP contribution in [0.1, 0.15) is 102 Å². The smallest absolute Gasteiger partial charge is 0.252 e. The van der Waals surface area contributed by atoms with Gasteiger partial charge < -0.3 is 9.80 Å². The molecule has 5 aliphatic rings. The van der Waals surface area contributed by atoms with Crippen LogP contribution in [0.2, 0.25) is 0 Å². The number of nitrogens with zero attached hydrogens (tertiary/aromatic N) is 2. The van der Waals surface area contributed by atoms with Crippen LogP contribution in [-0.2, 0) is 10.8 Å². The van der Waals surface area contributed by atoms with E-state index in [1.807, 2.05) is 0 Å². The first-order chi connectivity index (χ1) is 29.0. The van der Waals surface area contributed by atoms with E-state index >= 15 is 0 Å². The SMILES string of the molecule is CC(C)(C1=CCCC(N2c3cc(C(C)(C)c4ccccc4)ccc3B3c4ccccc4N(C4=CCCC=C4)c4cc(C(C)(C)c5ccccc5)cc2c43)=C1)C1=CC=CCC1. The second-order valence-corrected chi connectivity index (χ2v) is 19.1. The third-order valence-corrected chi connectivity index (χ3v) is 14.6. The van der Waals surface area contributed by atoms with Gasteiger partial charge in [-0.05, 0) is 119 Å². The Bertz CT molecular complexity index is 2680. The van der Waals surface area contributed by atoms with E-state index < -0.39 is 0 Å². The minimum atomic E-state index is -0.250. The van der Waals surface area contributed by atoms with Crippen molar-refractivity contribution in [3.8, 4) is 0 Å². The van der Waals surface area contributed by atoms with Crippen molar-refractivity contribution >= 4 is 45.9 Å². The summed E-state index contributed by atoms with van der Waals surface area (Å²) in [6.45, 7) is 14.6. The number of hydrogen-bond donors (Lipinski definition) is 0. The predicted molar refractivity (Wildman–Crippen MR) is 257 cm³/mol. The number of benzene rings is 5. The number of hydrogen-bond acceptors (Lipinski definition) is 2. The molecule has 0 fully saturated rings. The van der Waals surface area contributed by atoms with E-state index in [0.29, 0.717) is 0 Å². The number of fused-ring (bicyclic) bond motifs is 4. The molecule has 5 aromatic rings. The molecule has 0 N–H and O–H groups in total. The van der Waals surface area contributed by atoms with Crippen LogP contribution in [-0.4, -0.2) is 6.71 Å². The highest BCUT2D eigenvalue weighted by Gasteiger charge is 2.45. The van der Waals surface area contributed by atoms with Gasteiger partial charge in [-0.3, -0.25) is 0 Å². The maximum atomic E-state index is 2.72. The van der Waals surface area contributed by atoms with Gasteiger partial charge in [0.05, 0.1) is 0 Å². The van der Waals surface area contributed by atoms with Gasteiger partial charge in [-0.1, -0.05) is 175 Å². The van der Waals surface area contributed by atoms with Crippen molar-refractivity contribution in [1.82, 2.24) is 0 Å². The summed E-state index contributed by atoms with van der Waals surface area (Å²) < 4.78 is 0. The first kappa shape index (κ1) is 38.4. The van der Waals surface area contributed by atoms with Gasteiger partial charge in [0.25, 0.3) is 6.71 Å². The van der Waals surface area contributed by atoms with Crippen molar-refractivity contribution in [1.29, 1.82) is 0 Å². The van der Waals surface area contributed by atoms with Gasteiger partial charge in [0, 0.05) is 50.4 Å². The molecular formula is C57H57BN2. The lowest BCUT2D eigenvalue weighted by Gasteiger charge is -2.47. The van der Waals surface area contributed by atoms with Crippen molar-refractivity contribution in [2.75, 3.05) is 9.80 Å².